The van der Waals surface area contributed by atoms with E-state index in [1.807, 2.05) is 25.1 Å². The summed E-state index contributed by atoms with van der Waals surface area (Å²) < 4.78 is 5.62. The highest BCUT2D eigenvalue weighted by molar-refractivity contribution is 8.00. The van der Waals surface area contributed by atoms with Crippen LogP contribution < -0.4 is 10.1 Å². The second-order valence-electron chi connectivity index (χ2n) is 6.21. The Morgan fingerprint density at radius 1 is 1.22 bits per heavy atom. The van der Waals surface area contributed by atoms with Gasteiger partial charge in [0.05, 0.1) is 12.2 Å². The number of aryl methyl sites for hydroxylation is 1. The van der Waals surface area contributed by atoms with Crippen molar-refractivity contribution in [1.82, 2.24) is 5.32 Å². The first kappa shape index (κ1) is 20.8. The summed E-state index contributed by atoms with van der Waals surface area (Å²) in [5, 5.41) is 11.4. The lowest BCUT2D eigenvalue weighted by molar-refractivity contribution is -0.136. The molecule has 2 rings (SSSR count). The Labute approximate surface area is 164 Å². The molecular formula is C21H25NO4S. The van der Waals surface area contributed by atoms with Crippen LogP contribution in [0.3, 0.4) is 0 Å². The van der Waals surface area contributed by atoms with E-state index in [9.17, 15) is 9.59 Å². The number of hydrogen-bond acceptors (Lipinski definition) is 4. The Balaban J connectivity index is 2.05. The van der Waals surface area contributed by atoms with E-state index in [1.54, 1.807) is 31.2 Å². The molecule has 0 aliphatic rings. The van der Waals surface area contributed by atoms with E-state index >= 15 is 0 Å². The number of nitrogens with one attached hydrogen (secondary N) is 1. The Bertz CT molecular complexity index is 807. The number of benzene rings is 2. The molecule has 6 heteroatoms. The summed E-state index contributed by atoms with van der Waals surface area (Å²) in [6.45, 7) is 6.72. The molecule has 0 fully saturated rings. The fraction of sp³-hybridized carbons (Fsp3) is 0.333. The van der Waals surface area contributed by atoms with Crippen molar-refractivity contribution in [3.8, 4) is 5.75 Å². The van der Waals surface area contributed by atoms with Crippen LogP contribution in [0.4, 0.5) is 0 Å². The van der Waals surface area contributed by atoms with Crippen LogP contribution in [0.5, 0.6) is 5.75 Å². The molecule has 1 amide bonds. The summed E-state index contributed by atoms with van der Waals surface area (Å²) >= 11 is 1.16. The van der Waals surface area contributed by atoms with E-state index in [0.717, 1.165) is 35.1 Å². The van der Waals surface area contributed by atoms with Gasteiger partial charge in [-0.1, -0.05) is 25.1 Å². The van der Waals surface area contributed by atoms with Gasteiger partial charge in [0, 0.05) is 11.4 Å². The third kappa shape index (κ3) is 6.03. The van der Waals surface area contributed by atoms with Crippen LogP contribution in [-0.2, 0) is 11.3 Å². The van der Waals surface area contributed by atoms with E-state index in [2.05, 4.69) is 12.2 Å². The maximum absolute atomic E-state index is 12.6. The number of hydrogen-bond donors (Lipinski definition) is 2. The zero-order chi connectivity index (χ0) is 19.8. The van der Waals surface area contributed by atoms with Crippen molar-refractivity contribution in [1.29, 1.82) is 0 Å². The lowest BCUT2D eigenvalue weighted by atomic mass is 10.1. The van der Waals surface area contributed by atoms with Gasteiger partial charge in [0.1, 0.15) is 11.0 Å². The molecule has 0 heterocycles. The second-order valence-corrected chi connectivity index (χ2v) is 7.60. The molecule has 0 saturated heterocycles. The van der Waals surface area contributed by atoms with Gasteiger partial charge in [-0.2, -0.15) is 0 Å². The highest BCUT2D eigenvalue weighted by Crippen LogP contribution is 2.27. The van der Waals surface area contributed by atoms with Crippen molar-refractivity contribution in [2.75, 3.05) is 6.61 Å². The average Bonchev–Trinajstić information content (AvgIpc) is 2.65. The third-order valence-corrected chi connectivity index (χ3v) is 5.17. The van der Waals surface area contributed by atoms with Crippen LogP contribution >= 0.6 is 11.8 Å². The molecule has 27 heavy (non-hydrogen) atoms. The summed E-state index contributed by atoms with van der Waals surface area (Å²) in [6, 6.07) is 12.9. The lowest BCUT2D eigenvalue weighted by Crippen LogP contribution is -2.24. The molecule has 0 spiro atoms. The minimum Gasteiger partial charge on any atom is -0.494 e. The van der Waals surface area contributed by atoms with E-state index in [-0.39, 0.29) is 5.91 Å². The van der Waals surface area contributed by atoms with Crippen molar-refractivity contribution in [3.05, 3.63) is 59.2 Å². The Morgan fingerprint density at radius 2 is 1.96 bits per heavy atom. The van der Waals surface area contributed by atoms with E-state index in [0.29, 0.717) is 23.6 Å². The van der Waals surface area contributed by atoms with Gasteiger partial charge in [0.2, 0.25) is 0 Å². The van der Waals surface area contributed by atoms with E-state index in [4.69, 9.17) is 9.84 Å². The molecule has 0 aliphatic heterocycles. The van der Waals surface area contributed by atoms with Crippen molar-refractivity contribution < 1.29 is 19.4 Å². The molecule has 5 nitrogen and oxygen atoms in total. The topological polar surface area (TPSA) is 75.6 Å². The summed E-state index contributed by atoms with van der Waals surface area (Å²) in [5.74, 6) is -0.300. The highest BCUT2D eigenvalue weighted by atomic mass is 32.2. The van der Waals surface area contributed by atoms with Gasteiger partial charge < -0.3 is 15.2 Å². The predicted octanol–water partition coefficient (Wildman–Crippen LogP) is 4.28. The van der Waals surface area contributed by atoms with Crippen molar-refractivity contribution in [2.45, 2.75) is 43.9 Å². The molecule has 0 saturated carbocycles. The molecule has 2 aromatic carbocycles. The van der Waals surface area contributed by atoms with Crippen LogP contribution in [0, 0.1) is 6.92 Å². The van der Waals surface area contributed by atoms with Crippen LogP contribution in [-0.4, -0.2) is 28.8 Å². The lowest BCUT2D eigenvalue weighted by Gasteiger charge is -2.13. The van der Waals surface area contributed by atoms with Crippen LogP contribution in [0.25, 0.3) is 0 Å². The van der Waals surface area contributed by atoms with E-state index < -0.39 is 11.2 Å². The quantitative estimate of drug-likeness (QED) is 0.628. The number of carboxylic acids is 1. The summed E-state index contributed by atoms with van der Waals surface area (Å²) in [7, 11) is 0. The summed E-state index contributed by atoms with van der Waals surface area (Å²) in [6.07, 6.45) is 0.953. The Morgan fingerprint density at radius 3 is 2.63 bits per heavy atom. The molecule has 2 N–H and O–H groups in total. The van der Waals surface area contributed by atoms with Gasteiger partial charge in [0.25, 0.3) is 5.91 Å². The van der Waals surface area contributed by atoms with Crippen molar-refractivity contribution in [2.24, 2.45) is 0 Å². The number of ether oxygens (including phenoxy) is 1. The minimum atomic E-state index is -0.906. The number of thioether (sulfide) groups is 1. The van der Waals surface area contributed by atoms with Crippen LogP contribution in [0.1, 0.15) is 41.8 Å². The molecule has 0 aliphatic carbocycles. The molecular weight excluding hydrogens is 362 g/mol. The molecule has 144 valence electrons. The summed E-state index contributed by atoms with van der Waals surface area (Å²) in [4.78, 5) is 24.4. The minimum absolute atomic E-state index is 0.221. The molecule has 0 bridgehead atoms. The monoisotopic (exact) mass is 387 g/mol. The van der Waals surface area contributed by atoms with E-state index in [1.165, 1.54) is 0 Å². The first-order chi connectivity index (χ1) is 12.9. The van der Waals surface area contributed by atoms with Gasteiger partial charge >= 0.3 is 5.97 Å². The predicted molar refractivity (Wildman–Crippen MR) is 108 cm³/mol. The largest absolute Gasteiger partial charge is 0.494 e. The molecule has 0 aromatic heterocycles. The van der Waals surface area contributed by atoms with Crippen LogP contribution in [0.2, 0.25) is 0 Å². The SMILES string of the molecule is CCCOc1ccc(CNC(=O)c2ccccc2SC(C)C(=O)O)c(C)c1. The number of amides is 1. The maximum Gasteiger partial charge on any atom is 0.316 e. The third-order valence-electron chi connectivity index (χ3n) is 4.01. The first-order valence-corrected chi connectivity index (χ1v) is 9.79. The molecule has 2 aromatic rings. The number of carbonyl (C=O) groups excluding carboxylic acids is 1. The molecule has 1 atom stereocenters. The van der Waals surface area contributed by atoms with Crippen molar-refractivity contribution >= 4 is 23.6 Å². The first-order valence-electron chi connectivity index (χ1n) is 8.91. The fourth-order valence-electron chi connectivity index (χ4n) is 2.44. The zero-order valence-corrected chi connectivity index (χ0v) is 16.6. The number of aliphatic carboxylic acids is 1. The van der Waals surface area contributed by atoms with Gasteiger partial charge in [-0.15, -0.1) is 11.8 Å². The van der Waals surface area contributed by atoms with Crippen LogP contribution in [0.15, 0.2) is 47.4 Å². The highest BCUT2D eigenvalue weighted by Gasteiger charge is 2.17. The average molecular weight is 388 g/mol. The number of rotatable bonds is 9. The fourth-order valence-corrected chi connectivity index (χ4v) is 3.37. The standard InChI is InChI=1S/C21H25NO4S/c1-4-11-26-17-10-9-16(14(2)12-17)13-22-20(23)18-7-5-6-8-19(18)27-15(3)21(24)25/h5-10,12,15H,4,11,13H2,1-3H3,(H,22,23)(H,24,25). The van der Waals surface area contributed by atoms with Gasteiger partial charge in [-0.05, 0) is 55.7 Å². The Hall–Kier alpha value is -2.47. The number of carboxylic acid groups (broad SMARTS) is 1. The van der Waals surface area contributed by atoms with Gasteiger partial charge in [0.15, 0.2) is 0 Å². The van der Waals surface area contributed by atoms with Gasteiger partial charge in [-0.3, -0.25) is 9.59 Å². The molecule has 1 unspecified atom stereocenters. The van der Waals surface area contributed by atoms with Gasteiger partial charge in [-0.25, -0.2) is 0 Å². The normalized spacial score (nSPS) is 11.7. The van der Waals surface area contributed by atoms with Crippen molar-refractivity contribution in [3.63, 3.8) is 0 Å². The zero-order valence-electron chi connectivity index (χ0n) is 15.8. The second kappa shape index (κ2) is 10.0. The molecule has 0 radical (unpaired) electrons. The smallest absolute Gasteiger partial charge is 0.316 e. The number of carbonyl (C=O) groups is 2. The summed E-state index contributed by atoms with van der Waals surface area (Å²) in [5.41, 5.74) is 2.54. The maximum atomic E-state index is 12.6. The Kier molecular flexibility index (Phi) is 7.73.